The van der Waals surface area contributed by atoms with E-state index in [0.29, 0.717) is 11.2 Å². The van der Waals surface area contributed by atoms with Gasteiger partial charge in [-0.3, -0.25) is 9.48 Å². The molecule has 0 aliphatic rings. The van der Waals surface area contributed by atoms with Crippen molar-refractivity contribution in [3.63, 3.8) is 0 Å². The third-order valence-corrected chi connectivity index (χ3v) is 5.06. The predicted octanol–water partition coefficient (Wildman–Crippen LogP) is 3.06. The average molecular weight is 352 g/mol. The second-order valence-corrected chi connectivity index (χ2v) is 6.67. The van der Waals surface area contributed by atoms with Crippen LogP contribution in [0.25, 0.3) is 16.2 Å². The molecule has 4 aromatic rings. The first kappa shape index (κ1) is 15.5. The Labute approximate surface area is 147 Å². The number of nitrogens with zero attached hydrogens (tertiary/aromatic N) is 5. The predicted molar refractivity (Wildman–Crippen MR) is 96.9 cm³/mol. The van der Waals surface area contributed by atoms with Gasteiger partial charge in [-0.05, 0) is 31.4 Å². The highest BCUT2D eigenvalue weighted by molar-refractivity contribution is 7.13. The molecule has 0 atom stereocenters. The van der Waals surface area contributed by atoms with Crippen molar-refractivity contribution in [2.75, 3.05) is 5.32 Å². The van der Waals surface area contributed by atoms with Gasteiger partial charge in [0.2, 0.25) is 0 Å². The summed E-state index contributed by atoms with van der Waals surface area (Å²) in [5.74, 6) is -0.245. The molecule has 1 N–H and O–H groups in total. The van der Waals surface area contributed by atoms with Crippen molar-refractivity contribution in [3.05, 3.63) is 52.9 Å². The van der Waals surface area contributed by atoms with Gasteiger partial charge in [0.25, 0.3) is 5.91 Å². The second-order valence-electron chi connectivity index (χ2n) is 5.72. The van der Waals surface area contributed by atoms with Gasteiger partial charge in [0.05, 0.1) is 33.8 Å². The summed E-state index contributed by atoms with van der Waals surface area (Å²) in [5, 5.41) is 13.6. The van der Waals surface area contributed by atoms with Crippen LogP contribution in [0, 0.1) is 13.8 Å². The van der Waals surface area contributed by atoms with Gasteiger partial charge >= 0.3 is 0 Å². The lowest BCUT2D eigenvalue weighted by molar-refractivity contribution is 0.102. The van der Waals surface area contributed by atoms with Crippen molar-refractivity contribution in [1.82, 2.24) is 24.4 Å². The number of nitrogens with one attached hydrogen (secondary N) is 1. The smallest absolute Gasteiger partial charge is 0.261 e. The zero-order valence-electron chi connectivity index (χ0n) is 14.0. The Morgan fingerprint density at radius 3 is 2.80 bits per heavy atom. The van der Waals surface area contributed by atoms with Crippen LogP contribution in [0.2, 0.25) is 0 Å². The molecule has 0 aromatic carbocycles. The van der Waals surface area contributed by atoms with Crippen LogP contribution in [0.15, 0.2) is 36.0 Å². The zero-order valence-corrected chi connectivity index (χ0v) is 14.8. The normalized spacial score (nSPS) is 11.2. The molecule has 4 heterocycles. The van der Waals surface area contributed by atoms with Crippen LogP contribution < -0.4 is 5.32 Å². The summed E-state index contributed by atoms with van der Waals surface area (Å²) < 4.78 is 3.44. The van der Waals surface area contributed by atoms with Crippen LogP contribution in [0.3, 0.4) is 0 Å². The monoisotopic (exact) mass is 352 g/mol. The lowest BCUT2D eigenvalue weighted by atomic mass is 10.2. The Balaban J connectivity index is 1.75. The van der Waals surface area contributed by atoms with E-state index in [0.717, 1.165) is 27.6 Å². The fraction of sp³-hybridized carbons (Fsp3) is 0.176. The minimum absolute atomic E-state index is 0.245. The maximum absolute atomic E-state index is 12.8. The van der Waals surface area contributed by atoms with E-state index in [1.54, 1.807) is 32.9 Å². The molecule has 0 aliphatic heterocycles. The van der Waals surface area contributed by atoms with Gasteiger partial charge in [-0.15, -0.1) is 11.3 Å². The molecule has 0 radical (unpaired) electrons. The maximum atomic E-state index is 12.8. The van der Waals surface area contributed by atoms with E-state index < -0.39 is 0 Å². The Morgan fingerprint density at radius 2 is 2.12 bits per heavy atom. The number of aryl methyl sites for hydroxylation is 2. The highest BCUT2D eigenvalue weighted by atomic mass is 32.1. The van der Waals surface area contributed by atoms with Crippen molar-refractivity contribution >= 4 is 28.6 Å². The molecular weight excluding hydrogens is 336 g/mol. The summed E-state index contributed by atoms with van der Waals surface area (Å²) in [4.78, 5) is 18.2. The first-order valence-electron chi connectivity index (χ1n) is 7.74. The Bertz CT molecular complexity index is 1080. The molecule has 4 aromatic heterocycles. The van der Waals surface area contributed by atoms with E-state index in [9.17, 15) is 4.79 Å². The first-order valence-corrected chi connectivity index (χ1v) is 8.62. The number of hydrogen-bond acceptors (Lipinski definition) is 5. The third-order valence-electron chi connectivity index (χ3n) is 4.17. The first-order chi connectivity index (χ1) is 12.1. The number of rotatable bonds is 3. The summed E-state index contributed by atoms with van der Waals surface area (Å²) in [6.07, 6.45) is 3.25. The molecule has 1 amide bonds. The SMILES string of the molecule is Cc1nn(C)c(C)c1NC(=O)c1cnn2c(-c3cccs3)ccnc12. The lowest BCUT2D eigenvalue weighted by Crippen LogP contribution is -2.13. The summed E-state index contributed by atoms with van der Waals surface area (Å²) in [6, 6.07) is 5.89. The Morgan fingerprint density at radius 1 is 1.28 bits per heavy atom. The van der Waals surface area contributed by atoms with Gasteiger partial charge in [0.1, 0.15) is 5.56 Å². The Hall–Kier alpha value is -3.00. The molecule has 0 spiro atoms. The van der Waals surface area contributed by atoms with Crippen molar-refractivity contribution in [2.24, 2.45) is 7.05 Å². The minimum Gasteiger partial charge on any atom is -0.319 e. The largest absolute Gasteiger partial charge is 0.319 e. The summed E-state index contributed by atoms with van der Waals surface area (Å²) >= 11 is 1.62. The summed E-state index contributed by atoms with van der Waals surface area (Å²) in [5.41, 5.74) is 4.27. The highest BCUT2D eigenvalue weighted by Gasteiger charge is 2.19. The number of anilines is 1. The van der Waals surface area contributed by atoms with Crippen LogP contribution in [0.5, 0.6) is 0 Å². The summed E-state index contributed by atoms with van der Waals surface area (Å²) in [6.45, 7) is 3.78. The van der Waals surface area contributed by atoms with E-state index in [1.807, 2.05) is 44.5 Å². The molecule has 7 nitrogen and oxygen atoms in total. The number of carbonyl (C=O) groups excluding carboxylic acids is 1. The van der Waals surface area contributed by atoms with Crippen molar-refractivity contribution in [3.8, 4) is 10.6 Å². The quantitative estimate of drug-likeness (QED) is 0.615. The van der Waals surface area contributed by atoms with Gasteiger partial charge in [0.15, 0.2) is 5.65 Å². The standard InChI is InChI=1S/C17H16N6OS/c1-10-15(11(2)22(3)21-10)20-17(24)12-9-19-23-13(6-7-18-16(12)23)14-5-4-8-25-14/h4-9H,1-3H3,(H,20,24). The molecule has 0 saturated carbocycles. The van der Waals surface area contributed by atoms with Crippen LogP contribution in [-0.2, 0) is 7.05 Å². The average Bonchev–Trinajstić information content (AvgIpc) is 3.31. The van der Waals surface area contributed by atoms with Crippen molar-refractivity contribution in [2.45, 2.75) is 13.8 Å². The van der Waals surface area contributed by atoms with Gasteiger partial charge in [-0.2, -0.15) is 10.2 Å². The molecule has 0 fully saturated rings. The van der Waals surface area contributed by atoms with Crippen molar-refractivity contribution < 1.29 is 4.79 Å². The van der Waals surface area contributed by atoms with Gasteiger partial charge in [0, 0.05) is 13.2 Å². The lowest BCUT2D eigenvalue weighted by Gasteiger charge is -2.05. The van der Waals surface area contributed by atoms with E-state index in [1.165, 1.54) is 0 Å². The topological polar surface area (TPSA) is 77.1 Å². The summed E-state index contributed by atoms with van der Waals surface area (Å²) in [7, 11) is 1.85. The van der Waals surface area contributed by atoms with Crippen molar-refractivity contribution in [1.29, 1.82) is 0 Å². The highest BCUT2D eigenvalue weighted by Crippen LogP contribution is 2.26. The zero-order chi connectivity index (χ0) is 17.6. The van der Waals surface area contributed by atoms with Crippen LogP contribution in [0.4, 0.5) is 5.69 Å². The van der Waals surface area contributed by atoms with Gasteiger partial charge < -0.3 is 5.32 Å². The minimum atomic E-state index is -0.245. The number of aromatic nitrogens is 5. The molecule has 0 saturated heterocycles. The fourth-order valence-corrected chi connectivity index (χ4v) is 3.53. The number of amides is 1. The van der Waals surface area contributed by atoms with Crippen LogP contribution in [0.1, 0.15) is 21.7 Å². The van der Waals surface area contributed by atoms with Gasteiger partial charge in [-0.1, -0.05) is 6.07 Å². The van der Waals surface area contributed by atoms with E-state index in [4.69, 9.17) is 0 Å². The molecular formula is C17H16N6OS. The molecule has 0 unspecified atom stereocenters. The maximum Gasteiger partial charge on any atom is 0.261 e. The fourth-order valence-electron chi connectivity index (χ4n) is 2.80. The molecule has 8 heteroatoms. The molecule has 0 aliphatic carbocycles. The number of hydrogen-bond donors (Lipinski definition) is 1. The molecule has 25 heavy (non-hydrogen) atoms. The second kappa shape index (κ2) is 5.82. The number of thiophene rings is 1. The molecule has 4 rings (SSSR count). The van der Waals surface area contributed by atoms with E-state index in [-0.39, 0.29) is 5.91 Å². The van der Waals surface area contributed by atoms with E-state index in [2.05, 4.69) is 20.5 Å². The third kappa shape index (κ3) is 2.51. The number of fused-ring (bicyclic) bond motifs is 1. The van der Waals surface area contributed by atoms with E-state index >= 15 is 0 Å². The number of carbonyl (C=O) groups is 1. The van der Waals surface area contributed by atoms with Gasteiger partial charge in [-0.25, -0.2) is 9.50 Å². The van der Waals surface area contributed by atoms with Crippen LogP contribution in [-0.4, -0.2) is 30.3 Å². The molecule has 126 valence electrons. The Kier molecular flexibility index (Phi) is 3.61. The van der Waals surface area contributed by atoms with Crippen LogP contribution >= 0.6 is 11.3 Å². The molecule has 0 bridgehead atoms.